The summed E-state index contributed by atoms with van der Waals surface area (Å²) in [5, 5.41) is 7.68. The average molecular weight is 313 g/mol. The predicted molar refractivity (Wildman–Crippen MR) is 88.7 cm³/mol. The lowest BCUT2D eigenvalue weighted by molar-refractivity contribution is 0.0697. The third-order valence-corrected chi connectivity index (χ3v) is 4.42. The monoisotopic (exact) mass is 313 g/mol. The van der Waals surface area contributed by atoms with E-state index in [1.54, 1.807) is 17.1 Å². The Labute approximate surface area is 136 Å². The highest BCUT2D eigenvalue weighted by molar-refractivity contribution is 5.95. The van der Waals surface area contributed by atoms with E-state index in [9.17, 15) is 4.79 Å². The molecule has 0 radical (unpaired) electrons. The van der Waals surface area contributed by atoms with Gasteiger partial charge in [0.1, 0.15) is 0 Å². The molecule has 1 unspecified atom stereocenters. The van der Waals surface area contributed by atoms with Crippen LogP contribution in [0.25, 0.3) is 5.82 Å². The predicted octanol–water partition coefficient (Wildman–Crippen LogP) is 1.65. The first kappa shape index (κ1) is 15.7. The summed E-state index contributed by atoms with van der Waals surface area (Å²) in [5.74, 6) is 0.819. The van der Waals surface area contributed by atoms with E-state index in [4.69, 9.17) is 0 Å². The Bertz CT molecular complexity index is 667. The zero-order valence-electron chi connectivity index (χ0n) is 13.7. The minimum atomic E-state index is 0.0731. The fourth-order valence-electron chi connectivity index (χ4n) is 3.14. The summed E-state index contributed by atoms with van der Waals surface area (Å²) >= 11 is 0. The largest absolute Gasteiger partial charge is 0.337 e. The lowest BCUT2D eigenvalue weighted by Crippen LogP contribution is -2.47. The van der Waals surface area contributed by atoms with Gasteiger partial charge in [-0.05, 0) is 38.4 Å². The Morgan fingerprint density at radius 2 is 2.30 bits per heavy atom. The molecule has 2 aromatic heterocycles. The number of hydrogen-bond acceptors (Lipinski definition) is 4. The number of nitrogens with zero attached hydrogens (tertiary/aromatic N) is 4. The van der Waals surface area contributed by atoms with Gasteiger partial charge in [-0.2, -0.15) is 5.10 Å². The van der Waals surface area contributed by atoms with Crippen LogP contribution in [0.2, 0.25) is 0 Å². The van der Waals surface area contributed by atoms with Gasteiger partial charge in [-0.15, -0.1) is 0 Å². The first-order valence-electron chi connectivity index (χ1n) is 8.19. The highest BCUT2D eigenvalue weighted by atomic mass is 16.2. The summed E-state index contributed by atoms with van der Waals surface area (Å²) in [5.41, 5.74) is 1.61. The number of pyridine rings is 1. The van der Waals surface area contributed by atoms with Crippen molar-refractivity contribution in [3.63, 3.8) is 0 Å². The van der Waals surface area contributed by atoms with E-state index in [1.165, 1.54) is 0 Å². The average Bonchev–Trinajstić information content (AvgIpc) is 3.05. The van der Waals surface area contributed by atoms with Crippen molar-refractivity contribution in [3.8, 4) is 5.82 Å². The van der Waals surface area contributed by atoms with Crippen molar-refractivity contribution in [2.24, 2.45) is 0 Å². The second-order valence-corrected chi connectivity index (χ2v) is 5.84. The number of likely N-dealkylation sites (tertiary alicyclic amines) is 1. The van der Waals surface area contributed by atoms with Crippen LogP contribution in [0.3, 0.4) is 0 Å². The Morgan fingerprint density at radius 3 is 3.00 bits per heavy atom. The van der Waals surface area contributed by atoms with Gasteiger partial charge in [-0.3, -0.25) is 4.79 Å². The van der Waals surface area contributed by atoms with Crippen molar-refractivity contribution in [2.45, 2.75) is 32.2 Å². The molecule has 1 fully saturated rings. The zero-order valence-corrected chi connectivity index (χ0v) is 13.7. The molecular formula is C17H23N5O. The van der Waals surface area contributed by atoms with Crippen LogP contribution in [-0.2, 0) is 6.42 Å². The van der Waals surface area contributed by atoms with Gasteiger partial charge in [0.15, 0.2) is 5.82 Å². The highest BCUT2D eigenvalue weighted by Gasteiger charge is 2.26. The molecule has 6 heteroatoms. The van der Waals surface area contributed by atoms with Crippen molar-refractivity contribution < 1.29 is 4.79 Å². The molecule has 0 aromatic carbocycles. The molecule has 1 atom stereocenters. The van der Waals surface area contributed by atoms with Crippen molar-refractivity contribution in [1.29, 1.82) is 0 Å². The normalized spacial score (nSPS) is 18.2. The maximum absolute atomic E-state index is 12.9. The maximum atomic E-state index is 12.9. The van der Waals surface area contributed by atoms with E-state index in [2.05, 4.69) is 15.4 Å². The number of carbonyl (C=O) groups excluding carboxylic acids is 1. The van der Waals surface area contributed by atoms with Crippen molar-refractivity contribution >= 4 is 5.91 Å². The van der Waals surface area contributed by atoms with Crippen LogP contribution in [0.4, 0.5) is 0 Å². The Hall–Kier alpha value is -2.21. The van der Waals surface area contributed by atoms with E-state index in [0.717, 1.165) is 43.9 Å². The second kappa shape index (κ2) is 6.91. The van der Waals surface area contributed by atoms with Crippen LogP contribution in [0.5, 0.6) is 0 Å². The molecule has 3 rings (SSSR count). The van der Waals surface area contributed by atoms with Gasteiger partial charge >= 0.3 is 0 Å². The van der Waals surface area contributed by atoms with Crippen LogP contribution in [0.15, 0.2) is 30.6 Å². The quantitative estimate of drug-likeness (QED) is 0.932. The van der Waals surface area contributed by atoms with Crippen molar-refractivity contribution in [1.82, 2.24) is 25.0 Å². The van der Waals surface area contributed by atoms with E-state index in [0.29, 0.717) is 11.6 Å². The standard InChI is InChI=1S/C17H23N5O/c1-3-15-14(11-20-22(15)16-8-4-5-9-19-16)17(23)21-10-6-7-13(12-21)18-2/h4-5,8-9,11,13,18H,3,6-7,10,12H2,1-2H3. The summed E-state index contributed by atoms with van der Waals surface area (Å²) in [6.07, 6.45) is 6.31. The molecule has 1 aliphatic heterocycles. The molecule has 1 amide bonds. The SMILES string of the molecule is CCc1c(C(=O)N2CCCC(NC)C2)cnn1-c1ccccn1. The Balaban J connectivity index is 1.88. The molecular weight excluding hydrogens is 290 g/mol. The highest BCUT2D eigenvalue weighted by Crippen LogP contribution is 2.19. The van der Waals surface area contributed by atoms with Gasteiger partial charge in [0.05, 0.1) is 17.5 Å². The number of aromatic nitrogens is 3. The molecule has 0 saturated carbocycles. The van der Waals surface area contributed by atoms with Gasteiger partial charge in [-0.1, -0.05) is 13.0 Å². The lowest BCUT2D eigenvalue weighted by Gasteiger charge is -2.32. The second-order valence-electron chi connectivity index (χ2n) is 5.84. The van der Waals surface area contributed by atoms with E-state index in [1.807, 2.05) is 37.1 Å². The van der Waals surface area contributed by atoms with Crippen molar-refractivity contribution in [3.05, 3.63) is 41.9 Å². The van der Waals surface area contributed by atoms with Crippen LogP contribution >= 0.6 is 0 Å². The molecule has 1 aliphatic rings. The van der Waals surface area contributed by atoms with Gasteiger partial charge in [-0.25, -0.2) is 9.67 Å². The zero-order chi connectivity index (χ0) is 16.2. The van der Waals surface area contributed by atoms with Gasteiger partial charge < -0.3 is 10.2 Å². The number of carbonyl (C=O) groups is 1. The lowest BCUT2D eigenvalue weighted by atomic mass is 10.0. The number of nitrogens with one attached hydrogen (secondary N) is 1. The third kappa shape index (κ3) is 3.12. The summed E-state index contributed by atoms with van der Waals surface area (Å²) < 4.78 is 1.77. The van der Waals surface area contributed by atoms with Gasteiger partial charge in [0, 0.05) is 25.3 Å². The number of likely N-dealkylation sites (N-methyl/N-ethyl adjacent to an activating group) is 1. The molecule has 0 spiro atoms. The van der Waals surface area contributed by atoms with Crippen LogP contribution in [0.1, 0.15) is 35.8 Å². The molecule has 0 bridgehead atoms. The number of rotatable bonds is 4. The minimum Gasteiger partial charge on any atom is -0.337 e. The molecule has 6 nitrogen and oxygen atoms in total. The summed E-state index contributed by atoms with van der Waals surface area (Å²) in [7, 11) is 1.95. The van der Waals surface area contributed by atoms with Crippen molar-refractivity contribution in [2.75, 3.05) is 20.1 Å². The molecule has 0 aliphatic carbocycles. The molecule has 122 valence electrons. The first-order chi connectivity index (χ1) is 11.2. The summed E-state index contributed by atoms with van der Waals surface area (Å²) in [6.45, 7) is 3.61. The topological polar surface area (TPSA) is 63.1 Å². The third-order valence-electron chi connectivity index (χ3n) is 4.42. The Morgan fingerprint density at radius 1 is 1.43 bits per heavy atom. The fraction of sp³-hybridized carbons (Fsp3) is 0.471. The molecule has 1 N–H and O–H groups in total. The van der Waals surface area contributed by atoms with E-state index < -0.39 is 0 Å². The fourth-order valence-corrected chi connectivity index (χ4v) is 3.14. The van der Waals surface area contributed by atoms with Crippen LogP contribution < -0.4 is 5.32 Å². The van der Waals surface area contributed by atoms with Gasteiger partial charge in [0.25, 0.3) is 5.91 Å². The molecule has 2 aromatic rings. The number of amides is 1. The maximum Gasteiger partial charge on any atom is 0.257 e. The molecule has 23 heavy (non-hydrogen) atoms. The molecule has 1 saturated heterocycles. The number of hydrogen-bond donors (Lipinski definition) is 1. The van der Waals surface area contributed by atoms with Crippen LogP contribution in [-0.4, -0.2) is 51.8 Å². The number of piperidine rings is 1. The Kier molecular flexibility index (Phi) is 4.71. The van der Waals surface area contributed by atoms with E-state index in [-0.39, 0.29) is 5.91 Å². The van der Waals surface area contributed by atoms with E-state index >= 15 is 0 Å². The summed E-state index contributed by atoms with van der Waals surface area (Å²) in [4.78, 5) is 19.2. The first-order valence-corrected chi connectivity index (χ1v) is 8.19. The van der Waals surface area contributed by atoms with Gasteiger partial charge in [0.2, 0.25) is 0 Å². The van der Waals surface area contributed by atoms with Crippen LogP contribution in [0, 0.1) is 0 Å². The smallest absolute Gasteiger partial charge is 0.257 e. The molecule has 3 heterocycles. The minimum absolute atomic E-state index is 0.0731. The summed E-state index contributed by atoms with van der Waals surface area (Å²) in [6, 6.07) is 6.07.